The third-order valence-electron chi connectivity index (χ3n) is 3.90. The minimum absolute atomic E-state index is 0.0333. The molecule has 2 aromatic rings. The van der Waals surface area contributed by atoms with Crippen molar-refractivity contribution in [1.82, 2.24) is 0 Å². The second-order valence-electron chi connectivity index (χ2n) is 7.04. The number of carbonyl (C=O) groups excluding carboxylic acids is 1. The average molecular weight is 383 g/mol. The molecule has 0 saturated carbocycles. The molecule has 0 saturated heterocycles. The molecule has 0 fully saturated rings. The molecule has 7 heteroatoms. The van der Waals surface area contributed by atoms with Gasteiger partial charge in [-0.15, -0.1) is 0 Å². The highest BCUT2D eigenvalue weighted by Gasteiger charge is 2.32. The predicted octanol–water partition coefficient (Wildman–Crippen LogP) is 6.06. The first-order chi connectivity index (χ1) is 12.4. The van der Waals surface area contributed by atoms with E-state index >= 15 is 0 Å². The van der Waals surface area contributed by atoms with Crippen molar-refractivity contribution < 1.29 is 27.1 Å². The highest BCUT2D eigenvalue weighted by molar-refractivity contribution is 5.97. The monoisotopic (exact) mass is 383 g/mol. The molecular weight excluding hydrogens is 362 g/mol. The molecule has 0 spiro atoms. The normalized spacial score (nSPS) is 12.0. The van der Waals surface area contributed by atoms with E-state index in [1.165, 1.54) is 18.2 Å². The molecule has 0 atom stereocenters. The topological polar surface area (TPSA) is 38.3 Å². The SMILES string of the molecule is CCOC(=O)c1ccc(C(F)(F)F)cc1Nc1ccc(F)cc1C(C)(C)C. The maximum atomic E-state index is 13.7. The fourth-order valence-corrected chi connectivity index (χ4v) is 2.60. The molecule has 146 valence electrons. The van der Waals surface area contributed by atoms with Crippen LogP contribution in [0.5, 0.6) is 0 Å². The summed E-state index contributed by atoms with van der Waals surface area (Å²) < 4.78 is 58.0. The van der Waals surface area contributed by atoms with Crippen LogP contribution in [0.3, 0.4) is 0 Å². The van der Waals surface area contributed by atoms with Crippen LogP contribution >= 0.6 is 0 Å². The number of nitrogens with one attached hydrogen (secondary N) is 1. The van der Waals surface area contributed by atoms with Crippen molar-refractivity contribution in [1.29, 1.82) is 0 Å². The number of anilines is 2. The van der Waals surface area contributed by atoms with Gasteiger partial charge in [-0.25, -0.2) is 9.18 Å². The van der Waals surface area contributed by atoms with E-state index in [1.54, 1.807) is 6.92 Å². The lowest BCUT2D eigenvalue weighted by atomic mass is 9.85. The zero-order valence-corrected chi connectivity index (χ0v) is 15.5. The van der Waals surface area contributed by atoms with E-state index in [-0.39, 0.29) is 17.9 Å². The van der Waals surface area contributed by atoms with Gasteiger partial charge in [-0.05, 0) is 54.3 Å². The van der Waals surface area contributed by atoms with Crippen molar-refractivity contribution in [2.24, 2.45) is 0 Å². The Morgan fingerprint density at radius 2 is 1.70 bits per heavy atom. The van der Waals surface area contributed by atoms with E-state index in [0.29, 0.717) is 11.3 Å². The summed E-state index contributed by atoms with van der Waals surface area (Å²) in [4.78, 5) is 12.1. The molecule has 0 aromatic heterocycles. The lowest BCUT2D eigenvalue weighted by Crippen LogP contribution is -2.16. The van der Waals surface area contributed by atoms with E-state index in [2.05, 4.69) is 5.32 Å². The second-order valence-corrected chi connectivity index (χ2v) is 7.04. The standard InChI is InChI=1S/C20H21F4NO2/c1-5-27-18(26)14-8-6-12(20(22,23)24)10-17(14)25-16-9-7-13(21)11-15(16)19(2,3)4/h6-11,25H,5H2,1-4H3. The summed E-state index contributed by atoms with van der Waals surface area (Å²) in [5.74, 6) is -1.20. The summed E-state index contributed by atoms with van der Waals surface area (Å²) in [6.45, 7) is 7.25. The quantitative estimate of drug-likeness (QED) is 0.515. The molecule has 2 aromatic carbocycles. The summed E-state index contributed by atoms with van der Waals surface area (Å²) in [6, 6.07) is 6.71. The smallest absolute Gasteiger partial charge is 0.416 e. The van der Waals surface area contributed by atoms with Gasteiger partial charge in [-0.2, -0.15) is 13.2 Å². The maximum absolute atomic E-state index is 13.7. The van der Waals surface area contributed by atoms with Gasteiger partial charge < -0.3 is 10.1 Å². The zero-order chi connectivity index (χ0) is 20.4. The first-order valence-corrected chi connectivity index (χ1v) is 8.39. The molecule has 2 rings (SSSR count). The number of ether oxygens (including phenoxy) is 1. The Labute approximate surface area is 155 Å². The number of alkyl halides is 3. The maximum Gasteiger partial charge on any atom is 0.416 e. The summed E-state index contributed by atoms with van der Waals surface area (Å²) in [7, 11) is 0. The summed E-state index contributed by atoms with van der Waals surface area (Å²) >= 11 is 0. The molecule has 0 heterocycles. The van der Waals surface area contributed by atoms with Crippen molar-refractivity contribution in [3.05, 3.63) is 58.9 Å². The fraction of sp³-hybridized carbons (Fsp3) is 0.350. The number of hydrogen-bond acceptors (Lipinski definition) is 3. The first-order valence-electron chi connectivity index (χ1n) is 8.39. The van der Waals surface area contributed by atoms with E-state index in [0.717, 1.165) is 18.2 Å². The van der Waals surface area contributed by atoms with Crippen LogP contribution in [0.4, 0.5) is 28.9 Å². The third kappa shape index (κ3) is 4.99. The van der Waals surface area contributed by atoms with Crippen molar-refractivity contribution in [3.8, 4) is 0 Å². The summed E-state index contributed by atoms with van der Waals surface area (Å²) in [6.07, 6.45) is -4.57. The molecule has 0 aliphatic carbocycles. The Morgan fingerprint density at radius 3 is 2.26 bits per heavy atom. The van der Waals surface area contributed by atoms with Crippen LogP contribution in [0.15, 0.2) is 36.4 Å². The Kier molecular flexibility index (Phi) is 5.82. The Hall–Kier alpha value is -2.57. The van der Waals surface area contributed by atoms with Gasteiger partial charge in [0.2, 0.25) is 0 Å². The van der Waals surface area contributed by atoms with Crippen LogP contribution in [0.2, 0.25) is 0 Å². The molecule has 3 nitrogen and oxygen atoms in total. The molecule has 0 radical (unpaired) electrons. The number of benzene rings is 2. The number of rotatable bonds is 4. The average Bonchev–Trinajstić information content (AvgIpc) is 2.55. The minimum atomic E-state index is -4.57. The van der Waals surface area contributed by atoms with E-state index in [1.807, 2.05) is 20.8 Å². The van der Waals surface area contributed by atoms with Gasteiger partial charge in [-0.3, -0.25) is 0 Å². The van der Waals surface area contributed by atoms with Gasteiger partial charge in [0.25, 0.3) is 0 Å². The van der Waals surface area contributed by atoms with Crippen LogP contribution in [0, 0.1) is 5.82 Å². The summed E-state index contributed by atoms with van der Waals surface area (Å²) in [5, 5.41) is 2.86. The number of halogens is 4. The van der Waals surface area contributed by atoms with Gasteiger partial charge in [0, 0.05) is 5.69 Å². The highest BCUT2D eigenvalue weighted by atomic mass is 19.4. The van der Waals surface area contributed by atoms with E-state index in [4.69, 9.17) is 4.74 Å². The van der Waals surface area contributed by atoms with Crippen molar-refractivity contribution in [3.63, 3.8) is 0 Å². The van der Waals surface area contributed by atoms with Gasteiger partial charge >= 0.3 is 12.1 Å². The minimum Gasteiger partial charge on any atom is -0.462 e. The Bertz CT molecular complexity index is 839. The lowest BCUT2D eigenvalue weighted by Gasteiger charge is -2.24. The molecule has 27 heavy (non-hydrogen) atoms. The molecular formula is C20H21F4NO2. The second kappa shape index (κ2) is 7.58. The lowest BCUT2D eigenvalue weighted by molar-refractivity contribution is -0.137. The number of hydrogen-bond donors (Lipinski definition) is 1. The van der Waals surface area contributed by atoms with Gasteiger partial charge in [0.1, 0.15) is 5.82 Å². The van der Waals surface area contributed by atoms with Crippen LogP contribution in [0.1, 0.15) is 49.2 Å². The van der Waals surface area contributed by atoms with Gasteiger partial charge in [0.05, 0.1) is 23.4 Å². The highest BCUT2D eigenvalue weighted by Crippen LogP contribution is 2.36. The van der Waals surface area contributed by atoms with Crippen LogP contribution < -0.4 is 5.32 Å². The number of carbonyl (C=O) groups is 1. The van der Waals surface area contributed by atoms with Crippen molar-refractivity contribution in [2.75, 3.05) is 11.9 Å². The van der Waals surface area contributed by atoms with Crippen molar-refractivity contribution >= 4 is 17.3 Å². The van der Waals surface area contributed by atoms with Crippen LogP contribution in [-0.4, -0.2) is 12.6 Å². The molecule has 0 unspecified atom stereocenters. The molecule has 1 N–H and O–H groups in total. The first kappa shape index (κ1) is 20.7. The largest absolute Gasteiger partial charge is 0.462 e. The van der Waals surface area contributed by atoms with Crippen LogP contribution in [0.25, 0.3) is 0 Å². The van der Waals surface area contributed by atoms with Crippen LogP contribution in [-0.2, 0) is 16.3 Å². The van der Waals surface area contributed by atoms with Gasteiger partial charge in [0.15, 0.2) is 0 Å². The molecule has 0 aliphatic heterocycles. The molecule has 0 bridgehead atoms. The van der Waals surface area contributed by atoms with Crippen molar-refractivity contribution in [2.45, 2.75) is 39.3 Å². The zero-order valence-electron chi connectivity index (χ0n) is 15.5. The molecule has 0 aliphatic rings. The van der Waals surface area contributed by atoms with E-state index in [9.17, 15) is 22.4 Å². The number of esters is 1. The fourth-order valence-electron chi connectivity index (χ4n) is 2.60. The van der Waals surface area contributed by atoms with E-state index < -0.39 is 28.9 Å². The predicted molar refractivity (Wildman–Crippen MR) is 95.8 cm³/mol. The Morgan fingerprint density at radius 1 is 1.04 bits per heavy atom. The summed E-state index contributed by atoms with van der Waals surface area (Å²) in [5.41, 5.74) is -0.494. The van der Waals surface area contributed by atoms with Gasteiger partial charge in [-0.1, -0.05) is 20.8 Å². The third-order valence-corrected chi connectivity index (χ3v) is 3.90. The molecule has 0 amide bonds. The Balaban J connectivity index is 2.58.